The second kappa shape index (κ2) is 10.5. The molecule has 0 spiro atoms. The molecule has 1 N–H and O–H groups in total. The normalized spacial score (nSPS) is 11.1. The third-order valence-electron chi connectivity index (χ3n) is 5.96. The van der Waals surface area contributed by atoms with Crippen LogP contribution in [0.5, 0.6) is 5.75 Å². The van der Waals surface area contributed by atoms with Crippen molar-refractivity contribution in [3.05, 3.63) is 111 Å². The Balaban J connectivity index is 1.39. The minimum absolute atomic E-state index is 0.236. The number of aromatic nitrogens is 4. The Bertz CT molecular complexity index is 1710. The number of aryl methyl sites for hydroxylation is 2. The fourth-order valence-corrected chi connectivity index (χ4v) is 4.30. The van der Waals surface area contributed by atoms with E-state index in [0.29, 0.717) is 22.0 Å². The first-order valence-electron chi connectivity index (χ1n) is 11.8. The van der Waals surface area contributed by atoms with Gasteiger partial charge in [0.15, 0.2) is 18.0 Å². The van der Waals surface area contributed by atoms with Gasteiger partial charge in [-0.3, -0.25) is 14.0 Å². The van der Waals surface area contributed by atoms with Crippen LogP contribution in [-0.4, -0.2) is 31.7 Å². The second-order valence-electron chi connectivity index (χ2n) is 8.70. The number of amides is 1. The molecule has 2 aromatic carbocycles. The lowest BCUT2D eigenvalue weighted by Crippen LogP contribution is -2.28. The zero-order valence-corrected chi connectivity index (χ0v) is 21.4. The zero-order valence-electron chi connectivity index (χ0n) is 20.6. The van der Waals surface area contributed by atoms with Crippen molar-refractivity contribution >= 4 is 23.2 Å². The SMILES string of the molecule is Cc1nc2c(OCC(=O)NCc3ccc(F)cc3)cccn2c(=O)c1-c1cc(C)n(-c2cccc(Cl)c2)n1. The van der Waals surface area contributed by atoms with Gasteiger partial charge in [-0.25, -0.2) is 14.1 Å². The number of ether oxygens (including phenoxy) is 1. The number of nitrogens with zero attached hydrogens (tertiary/aromatic N) is 4. The summed E-state index contributed by atoms with van der Waals surface area (Å²) in [6.07, 6.45) is 1.59. The Labute approximate surface area is 222 Å². The third-order valence-corrected chi connectivity index (χ3v) is 6.19. The number of carbonyl (C=O) groups is 1. The Morgan fingerprint density at radius 1 is 1.08 bits per heavy atom. The van der Waals surface area contributed by atoms with E-state index in [-0.39, 0.29) is 41.8 Å². The number of pyridine rings is 1. The van der Waals surface area contributed by atoms with Gasteiger partial charge >= 0.3 is 0 Å². The molecule has 0 fully saturated rings. The number of carbonyl (C=O) groups excluding carboxylic acids is 1. The van der Waals surface area contributed by atoms with E-state index in [2.05, 4.69) is 15.4 Å². The number of hydrogen-bond donors (Lipinski definition) is 1. The summed E-state index contributed by atoms with van der Waals surface area (Å²) < 4.78 is 21.9. The molecule has 0 aliphatic rings. The average molecular weight is 532 g/mol. The lowest BCUT2D eigenvalue weighted by Gasteiger charge is -2.12. The van der Waals surface area contributed by atoms with E-state index < -0.39 is 0 Å². The Morgan fingerprint density at radius 3 is 2.63 bits per heavy atom. The molecule has 5 aromatic rings. The molecule has 0 saturated heterocycles. The van der Waals surface area contributed by atoms with Crippen molar-refractivity contribution in [1.82, 2.24) is 24.5 Å². The van der Waals surface area contributed by atoms with Crippen LogP contribution in [0.15, 0.2) is 77.7 Å². The standard InChI is InChI=1S/C28H23ClFN5O3/c1-17-13-23(33-35(17)22-6-3-5-20(29)14-22)26-18(2)32-27-24(7-4-12-34(27)28(26)37)38-16-25(36)31-15-19-8-10-21(30)11-9-19/h3-14H,15-16H2,1-2H3,(H,31,36). The maximum absolute atomic E-state index is 13.5. The minimum Gasteiger partial charge on any atom is -0.480 e. The van der Waals surface area contributed by atoms with Crippen LogP contribution in [0.2, 0.25) is 5.02 Å². The highest BCUT2D eigenvalue weighted by Crippen LogP contribution is 2.24. The number of benzene rings is 2. The highest BCUT2D eigenvalue weighted by atomic mass is 35.5. The predicted molar refractivity (Wildman–Crippen MR) is 142 cm³/mol. The van der Waals surface area contributed by atoms with Gasteiger partial charge in [0.2, 0.25) is 0 Å². The fraction of sp³-hybridized carbons (Fsp3) is 0.143. The lowest BCUT2D eigenvalue weighted by atomic mass is 10.1. The molecule has 0 saturated carbocycles. The summed E-state index contributed by atoms with van der Waals surface area (Å²) in [6, 6.07) is 18.3. The largest absolute Gasteiger partial charge is 0.480 e. The Kier molecular flexibility index (Phi) is 6.93. The molecule has 192 valence electrons. The summed E-state index contributed by atoms with van der Waals surface area (Å²) in [5, 5.41) is 7.95. The lowest BCUT2D eigenvalue weighted by molar-refractivity contribution is -0.123. The van der Waals surface area contributed by atoms with Crippen LogP contribution in [0.1, 0.15) is 17.0 Å². The van der Waals surface area contributed by atoms with Gasteiger partial charge in [-0.05, 0) is 67.9 Å². The summed E-state index contributed by atoms with van der Waals surface area (Å²) in [6.45, 7) is 3.59. The summed E-state index contributed by atoms with van der Waals surface area (Å²) in [7, 11) is 0. The van der Waals surface area contributed by atoms with Crippen LogP contribution in [-0.2, 0) is 11.3 Å². The number of nitrogens with one attached hydrogen (secondary N) is 1. The highest BCUT2D eigenvalue weighted by Gasteiger charge is 2.19. The molecule has 1 amide bonds. The molecule has 8 nitrogen and oxygen atoms in total. The predicted octanol–water partition coefficient (Wildman–Crippen LogP) is 4.65. The van der Waals surface area contributed by atoms with Gasteiger partial charge in [0, 0.05) is 23.5 Å². The number of hydrogen-bond acceptors (Lipinski definition) is 5. The molecule has 0 atom stereocenters. The topological polar surface area (TPSA) is 90.5 Å². The first kappa shape index (κ1) is 25.2. The molecule has 0 radical (unpaired) electrons. The monoisotopic (exact) mass is 531 g/mol. The van der Waals surface area contributed by atoms with E-state index >= 15 is 0 Å². The van der Waals surface area contributed by atoms with Gasteiger partial charge in [-0.2, -0.15) is 5.10 Å². The van der Waals surface area contributed by atoms with E-state index in [9.17, 15) is 14.0 Å². The van der Waals surface area contributed by atoms with E-state index in [4.69, 9.17) is 16.3 Å². The molecule has 0 bridgehead atoms. The average Bonchev–Trinajstić information content (AvgIpc) is 3.28. The number of halogens is 2. The Morgan fingerprint density at radius 2 is 1.87 bits per heavy atom. The van der Waals surface area contributed by atoms with Gasteiger partial charge < -0.3 is 10.1 Å². The summed E-state index contributed by atoms with van der Waals surface area (Å²) in [4.78, 5) is 30.5. The van der Waals surface area contributed by atoms with Crippen molar-refractivity contribution in [2.75, 3.05) is 6.61 Å². The van der Waals surface area contributed by atoms with Crippen LogP contribution in [0.25, 0.3) is 22.6 Å². The van der Waals surface area contributed by atoms with E-state index in [1.54, 1.807) is 54.2 Å². The highest BCUT2D eigenvalue weighted by molar-refractivity contribution is 6.30. The van der Waals surface area contributed by atoms with Crippen LogP contribution in [0.4, 0.5) is 4.39 Å². The molecular weight excluding hydrogens is 509 g/mol. The van der Waals surface area contributed by atoms with E-state index in [0.717, 1.165) is 16.9 Å². The molecule has 0 unspecified atom stereocenters. The van der Waals surface area contributed by atoms with Crippen molar-refractivity contribution < 1.29 is 13.9 Å². The first-order chi connectivity index (χ1) is 18.3. The Hall–Kier alpha value is -4.50. The van der Waals surface area contributed by atoms with Crippen molar-refractivity contribution in [2.45, 2.75) is 20.4 Å². The molecular formula is C28H23ClFN5O3. The summed E-state index contributed by atoms with van der Waals surface area (Å²) in [5.41, 5.74) is 3.66. The van der Waals surface area contributed by atoms with Crippen LogP contribution < -0.4 is 15.6 Å². The van der Waals surface area contributed by atoms with Gasteiger partial charge in [0.25, 0.3) is 11.5 Å². The molecule has 3 aromatic heterocycles. The van der Waals surface area contributed by atoms with Crippen molar-refractivity contribution in [3.8, 4) is 22.7 Å². The van der Waals surface area contributed by atoms with Gasteiger partial charge in [0.05, 0.1) is 16.9 Å². The first-order valence-corrected chi connectivity index (χ1v) is 12.2. The van der Waals surface area contributed by atoms with Crippen molar-refractivity contribution in [3.63, 3.8) is 0 Å². The van der Waals surface area contributed by atoms with E-state index in [1.165, 1.54) is 16.5 Å². The molecule has 10 heteroatoms. The van der Waals surface area contributed by atoms with Crippen LogP contribution in [0.3, 0.4) is 0 Å². The molecule has 0 aliphatic carbocycles. The number of rotatable bonds is 7. The van der Waals surface area contributed by atoms with Crippen LogP contribution >= 0.6 is 11.6 Å². The van der Waals surface area contributed by atoms with Gasteiger partial charge in [0.1, 0.15) is 11.5 Å². The maximum atomic E-state index is 13.5. The van der Waals surface area contributed by atoms with Gasteiger partial charge in [-0.15, -0.1) is 0 Å². The quantitative estimate of drug-likeness (QED) is 0.330. The van der Waals surface area contributed by atoms with Crippen LogP contribution in [0, 0.1) is 19.7 Å². The summed E-state index contributed by atoms with van der Waals surface area (Å²) >= 11 is 6.14. The molecule has 3 heterocycles. The number of fused-ring (bicyclic) bond motifs is 1. The third kappa shape index (κ3) is 5.14. The van der Waals surface area contributed by atoms with Crippen molar-refractivity contribution in [1.29, 1.82) is 0 Å². The van der Waals surface area contributed by atoms with Crippen molar-refractivity contribution in [2.24, 2.45) is 0 Å². The van der Waals surface area contributed by atoms with Gasteiger partial charge in [-0.1, -0.05) is 29.8 Å². The fourth-order valence-electron chi connectivity index (χ4n) is 4.11. The second-order valence-corrected chi connectivity index (χ2v) is 9.13. The zero-order chi connectivity index (χ0) is 26.8. The smallest absolute Gasteiger partial charge is 0.267 e. The minimum atomic E-state index is -0.367. The molecule has 5 rings (SSSR count). The summed E-state index contributed by atoms with van der Waals surface area (Å²) in [5.74, 6) is -0.420. The maximum Gasteiger partial charge on any atom is 0.267 e. The molecule has 38 heavy (non-hydrogen) atoms. The van der Waals surface area contributed by atoms with E-state index in [1.807, 2.05) is 25.1 Å². The molecule has 0 aliphatic heterocycles.